The average molecular weight is 366 g/mol. The molecule has 0 aromatic heterocycles. The van der Waals surface area contributed by atoms with Gasteiger partial charge >= 0.3 is 6.18 Å². The predicted molar refractivity (Wildman–Crippen MR) is 92.9 cm³/mol. The Morgan fingerprint density at radius 3 is 2.23 bits per heavy atom. The van der Waals surface area contributed by atoms with Gasteiger partial charge in [-0.25, -0.2) is 0 Å². The van der Waals surface area contributed by atoms with Gasteiger partial charge < -0.3 is 9.47 Å². The minimum absolute atomic E-state index is 0.0230. The maximum absolute atomic E-state index is 12.6. The molecule has 0 heterocycles. The molecule has 0 amide bonds. The highest BCUT2D eigenvalue weighted by Gasteiger charge is 2.29. The summed E-state index contributed by atoms with van der Waals surface area (Å²) in [6.07, 6.45) is -3.82. The third-order valence-corrected chi connectivity index (χ3v) is 3.77. The van der Waals surface area contributed by atoms with E-state index in [9.17, 15) is 18.0 Å². The maximum atomic E-state index is 12.6. The molecular weight excluding hydrogens is 345 g/mol. The second-order valence-corrected chi connectivity index (χ2v) is 6.15. The first-order valence-electron chi connectivity index (χ1n) is 8.24. The zero-order valence-electron chi connectivity index (χ0n) is 14.9. The fraction of sp³-hybridized carbons (Fsp3) is 0.350. The van der Waals surface area contributed by atoms with Gasteiger partial charge in [-0.2, -0.15) is 13.2 Å². The number of hydrogen-bond donors (Lipinski definition) is 0. The number of carbonyl (C=O) groups is 1. The van der Waals surface area contributed by atoms with Crippen LogP contribution in [-0.2, 0) is 12.6 Å². The molecule has 3 nitrogen and oxygen atoms in total. The summed E-state index contributed by atoms with van der Waals surface area (Å²) in [5, 5.41) is 0. The molecule has 2 aromatic carbocycles. The summed E-state index contributed by atoms with van der Waals surface area (Å²) in [6.45, 7) is 3.78. The Morgan fingerprint density at radius 2 is 1.69 bits per heavy atom. The number of ketones is 1. The Morgan fingerprint density at radius 1 is 1.04 bits per heavy atom. The highest BCUT2D eigenvalue weighted by Crippen LogP contribution is 2.30. The summed E-state index contributed by atoms with van der Waals surface area (Å²) in [4.78, 5) is 12.4. The van der Waals surface area contributed by atoms with Crippen LogP contribution in [0.5, 0.6) is 11.5 Å². The summed E-state index contributed by atoms with van der Waals surface area (Å²) < 4.78 is 48.6. The molecule has 2 rings (SSSR count). The van der Waals surface area contributed by atoms with Crippen molar-refractivity contribution in [2.45, 2.75) is 39.0 Å². The zero-order valence-corrected chi connectivity index (χ0v) is 14.9. The van der Waals surface area contributed by atoms with Gasteiger partial charge in [0.1, 0.15) is 0 Å². The lowest BCUT2D eigenvalue weighted by Crippen LogP contribution is -2.08. The first-order valence-corrected chi connectivity index (χ1v) is 8.24. The van der Waals surface area contributed by atoms with Crippen LogP contribution < -0.4 is 9.47 Å². The lowest BCUT2D eigenvalue weighted by Gasteiger charge is -2.14. The average Bonchev–Trinajstić information content (AvgIpc) is 2.59. The van der Waals surface area contributed by atoms with Gasteiger partial charge in [0.15, 0.2) is 17.3 Å². The van der Waals surface area contributed by atoms with Gasteiger partial charge in [0, 0.05) is 12.0 Å². The van der Waals surface area contributed by atoms with E-state index in [2.05, 4.69) is 0 Å². The van der Waals surface area contributed by atoms with Crippen LogP contribution in [0.1, 0.15) is 41.8 Å². The Balaban J connectivity index is 2.03. The van der Waals surface area contributed by atoms with E-state index in [-0.39, 0.29) is 18.3 Å². The molecule has 0 spiro atoms. The van der Waals surface area contributed by atoms with Crippen LogP contribution in [-0.4, -0.2) is 19.0 Å². The van der Waals surface area contributed by atoms with Crippen molar-refractivity contribution in [2.75, 3.05) is 7.11 Å². The molecule has 0 saturated carbocycles. The second-order valence-electron chi connectivity index (χ2n) is 6.15. The molecule has 0 aliphatic carbocycles. The van der Waals surface area contributed by atoms with Gasteiger partial charge in [0.05, 0.1) is 18.8 Å². The third kappa shape index (κ3) is 5.25. The molecule has 6 heteroatoms. The first kappa shape index (κ1) is 19.8. The lowest BCUT2D eigenvalue weighted by atomic mass is 10.0. The summed E-state index contributed by atoms with van der Waals surface area (Å²) in [7, 11) is 1.50. The van der Waals surface area contributed by atoms with Gasteiger partial charge in [0.25, 0.3) is 0 Å². The molecule has 0 aliphatic heterocycles. The van der Waals surface area contributed by atoms with E-state index in [0.29, 0.717) is 29.0 Å². The van der Waals surface area contributed by atoms with Crippen molar-refractivity contribution in [2.24, 2.45) is 0 Å². The number of methoxy groups -OCH3 is 1. The highest BCUT2D eigenvalue weighted by molar-refractivity contribution is 5.96. The molecule has 0 saturated heterocycles. The Hall–Kier alpha value is -2.50. The van der Waals surface area contributed by atoms with Crippen LogP contribution in [0.25, 0.3) is 0 Å². The Bertz CT molecular complexity index is 750. The van der Waals surface area contributed by atoms with Crippen molar-refractivity contribution in [1.82, 2.24) is 0 Å². The van der Waals surface area contributed by atoms with Gasteiger partial charge in [-0.15, -0.1) is 0 Å². The largest absolute Gasteiger partial charge is 0.493 e. The van der Waals surface area contributed by atoms with Crippen molar-refractivity contribution >= 4 is 5.78 Å². The monoisotopic (exact) mass is 366 g/mol. The van der Waals surface area contributed by atoms with E-state index < -0.39 is 11.7 Å². The van der Waals surface area contributed by atoms with Crippen molar-refractivity contribution in [3.63, 3.8) is 0 Å². The molecular formula is C20H21F3O3. The minimum Gasteiger partial charge on any atom is -0.493 e. The Labute approximate surface area is 150 Å². The van der Waals surface area contributed by atoms with Crippen molar-refractivity contribution in [3.8, 4) is 11.5 Å². The number of rotatable bonds is 7. The molecule has 0 aliphatic rings. The summed E-state index contributed by atoms with van der Waals surface area (Å²) in [5.41, 5.74) is 0.459. The molecule has 2 aromatic rings. The lowest BCUT2D eigenvalue weighted by molar-refractivity contribution is -0.137. The van der Waals surface area contributed by atoms with E-state index in [4.69, 9.17) is 9.47 Å². The predicted octanol–water partition coefficient (Wildman–Crippen LogP) is 5.32. The molecule has 0 bridgehead atoms. The molecule has 0 atom stereocenters. The van der Waals surface area contributed by atoms with Crippen LogP contribution in [0.15, 0.2) is 42.5 Å². The minimum atomic E-state index is -4.36. The van der Waals surface area contributed by atoms with E-state index in [0.717, 1.165) is 12.1 Å². The summed E-state index contributed by atoms with van der Waals surface area (Å²) >= 11 is 0. The van der Waals surface area contributed by atoms with E-state index in [1.807, 2.05) is 13.8 Å². The topological polar surface area (TPSA) is 35.5 Å². The summed E-state index contributed by atoms with van der Waals surface area (Å²) in [5.74, 6) is 0.917. The number of alkyl halides is 3. The standard InChI is InChI=1S/C20H21F3O3/c1-13(2)26-18-11-7-15(12-19(18)25-3)17(24)10-6-14-4-8-16(9-5-14)20(21,22)23/h4-5,7-9,11-13H,6,10H2,1-3H3. The summed E-state index contributed by atoms with van der Waals surface area (Å²) in [6, 6.07) is 9.82. The molecule has 26 heavy (non-hydrogen) atoms. The molecule has 0 unspecified atom stereocenters. The molecule has 0 radical (unpaired) electrons. The number of carbonyl (C=O) groups excluding carboxylic acids is 1. The maximum Gasteiger partial charge on any atom is 0.416 e. The highest BCUT2D eigenvalue weighted by atomic mass is 19.4. The number of halogens is 3. The van der Waals surface area contributed by atoms with Gasteiger partial charge in [-0.1, -0.05) is 12.1 Å². The van der Waals surface area contributed by atoms with Crippen LogP contribution in [0.4, 0.5) is 13.2 Å². The van der Waals surface area contributed by atoms with E-state index in [1.165, 1.54) is 19.2 Å². The van der Waals surface area contributed by atoms with Gasteiger partial charge in [-0.05, 0) is 56.2 Å². The third-order valence-electron chi connectivity index (χ3n) is 3.77. The van der Waals surface area contributed by atoms with Crippen molar-refractivity contribution < 1.29 is 27.4 Å². The fourth-order valence-electron chi connectivity index (χ4n) is 2.45. The number of ether oxygens (including phenoxy) is 2. The number of benzene rings is 2. The van der Waals surface area contributed by atoms with Crippen LogP contribution in [0.2, 0.25) is 0 Å². The fourth-order valence-corrected chi connectivity index (χ4v) is 2.45. The van der Waals surface area contributed by atoms with Crippen LogP contribution in [0, 0.1) is 0 Å². The van der Waals surface area contributed by atoms with Crippen molar-refractivity contribution in [3.05, 3.63) is 59.2 Å². The van der Waals surface area contributed by atoms with Crippen LogP contribution in [0.3, 0.4) is 0 Å². The SMILES string of the molecule is COc1cc(C(=O)CCc2ccc(C(F)(F)F)cc2)ccc1OC(C)C. The number of hydrogen-bond acceptors (Lipinski definition) is 3. The first-order chi connectivity index (χ1) is 12.2. The van der Waals surface area contributed by atoms with E-state index >= 15 is 0 Å². The van der Waals surface area contributed by atoms with Gasteiger partial charge in [-0.3, -0.25) is 4.79 Å². The Kier molecular flexibility index (Phi) is 6.29. The molecule has 0 fully saturated rings. The smallest absolute Gasteiger partial charge is 0.416 e. The van der Waals surface area contributed by atoms with Crippen molar-refractivity contribution in [1.29, 1.82) is 0 Å². The number of aryl methyl sites for hydroxylation is 1. The van der Waals surface area contributed by atoms with E-state index in [1.54, 1.807) is 18.2 Å². The quantitative estimate of drug-likeness (QED) is 0.623. The zero-order chi connectivity index (χ0) is 19.3. The van der Waals surface area contributed by atoms with Crippen LogP contribution >= 0.6 is 0 Å². The van der Waals surface area contributed by atoms with Gasteiger partial charge in [0.2, 0.25) is 0 Å². The number of Topliss-reactive ketones (excluding diaryl/α,β-unsaturated/α-hetero) is 1. The molecule has 140 valence electrons. The normalized spacial score (nSPS) is 11.5. The molecule has 0 N–H and O–H groups in total. The second kappa shape index (κ2) is 8.25.